The van der Waals surface area contributed by atoms with Crippen molar-refractivity contribution in [2.45, 2.75) is 23.7 Å². The first-order chi connectivity index (χ1) is 28.2. The molecule has 0 radical (unpaired) electrons. The van der Waals surface area contributed by atoms with E-state index in [4.69, 9.17) is 4.98 Å². The Morgan fingerprint density at radius 2 is 1.30 bits per heavy atom. The van der Waals surface area contributed by atoms with Gasteiger partial charge in [0, 0.05) is 54.2 Å². The minimum Gasteiger partial charge on any atom is -0.309 e. The Hall–Kier alpha value is -6.62. The molecule has 3 aromatic heterocycles. The van der Waals surface area contributed by atoms with Crippen LogP contribution in [0.25, 0.3) is 77.0 Å². The van der Waals surface area contributed by atoms with Gasteiger partial charge in [-0.2, -0.15) is 0 Å². The Labute approximate surface area is 334 Å². The molecule has 0 bridgehead atoms. The van der Waals surface area contributed by atoms with Crippen molar-refractivity contribution in [2.75, 3.05) is 0 Å². The fourth-order valence-electron chi connectivity index (χ4n) is 10.7. The maximum absolute atomic E-state index is 4.78. The van der Waals surface area contributed by atoms with Gasteiger partial charge in [0.1, 0.15) is 0 Å². The zero-order valence-corrected chi connectivity index (χ0v) is 32.1. The van der Waals surface area contributed by atoms with Gasteiger partial charge < -0.3 is 9.13 Å². The van der Waals surface area contributed by atoms with Gasteiger partial charge in [0.25, 0.3) is 0 Å². The molecule has 0 fully saturated rings. The molecular weight excluding hydrogens is 711 g/mol. The zero-order valence-electron chi connectivity index (χ0n) is 31.3. The predicted octanol–water partition coefficient (Wildman–Crippen LogP) is 13.7. The first kappa shape index (κ1) is 31.6. The van der Waals surface area contributed by atoms with E-state index in [1.807, 2.05) is 24.0 Å². The second kappa shape index (κ2) is 11.5. The Bertz CT molecular complexity index is 3430. The molecule has 2 atom stereocenters. The number of rotatable bonds is 2. The molecule has 1 aliphatic carbocycles. The van der Waals surface area contributed by atoms with Crippen molar-refractivity contribution >= 4 is 66.3 Å². The summed E-state index contributed by atoms with van der Waals surface area (Å²) in [6.07, 6.45) is 7.76. The van der Waals surface area contributed by atoms with Crippen molar-refractivity contribution in [3.63, 3.8) is 0 Å². The Morgan fingerprint density at radius 1 is 0.596 bits per heavy atom. The molecule has 0 amide bonds. The number of fused-ring (bicyclic) bond motifs is 15. The molecule has 7 aromatic carbocycles. The summed E-state index contributed by atoms with van der Waals surface area (Å²) in [5.74, 6) is 0.438. The van der Waals surface area contributed by atoms with E-state index in [-0.39, 0.29) is 0 Å². The van der Waals surface area contributed by atoms with Gasteiger partial charge in [0.2, 0.25) is 0 Å². The summed E-state index contributed by atoms with van der Waals surface area (Å²) >= 11 is 1.97. The van der Waals surface area contributed by atoms with Gasteiger partial charge in [-0.05, 0) is 76.6 Å². The molecule has 4 heteroatoms. The van der Waals surface area contributed by atoms with Crippen LogP contribution in [0.3, 0.4) is 0 Å². The third kappa shape index (κ3) is 4.05. The fraction of sp³-hybridized carbons (Fsp3) is 0.0755. The molecule has 0 saturated carbocycles. The molecule has 2 unspecified atom stereocenters. The van der Waals surface area contributed by atoms with E-state index >= 15 is 0 Å². The SMILES string of the molecule is CC1C=CC2=C(C1)C1(c3ccccc3-n3c4ccccc4c4cccc1c43)c1ccc3c4ccccc4n(-c4ccc(-c5cccc6cccnc56)cc4)c3c1S2. The highest BCUT2D eigenvalue weighted by Gasteiger charge is 2.51. The summed E-state index contributed by atoms with van der Waals surface area (Å²) in [5, 5.41) is 6.32. The maximum Gasteiger partial charge on any atom is 0.0780 e. The summed E-state index contributed by atoms with van der Waals surface area (Å²) < 4.78 is 5.08. The van der Waals surface area contributed by atoms with Gasteiger partial charge in [-0.1, -0.05) is 152 Å². The van der Waals surface area contributed by atoms with Gasteiger partial charge in [0.15, 0.2) is 0 Å². The number of para-hydroxylation sites is 5. The number of hydrogen-bond donors (Lipinski definition) is 0. The number of hydrogen-bond acceptors (Lipinski definition) is 2. The number of benzene rings is 7. The first-order valence-electron chi connectivity index (χ1n) is 19.9. The maximum atomic E-state index is 4.78. The van der Waals surface area contributed by atoms with Gasteiger partial charge >= 0.3 is 0 Å². The molecule has 268 valence electrons. The number of allylic oxidation sites excluding steroid dienone is 3. The molecule has 13 rings (SSSR count). The van der Waals surface area contributed by atoms with Gasteiger partial charge in [0.05, 0.1) is 38.7 Å². The monoisotopic (exact) mass is 745 g/mol. The van der Waals surface area contributed by atoms with Crippen molar-refractivity contribution in [3.05, 3.63) is 203 Å². The lowest BCUT2D eigenvalue weighted by molar-refractivity contribution is 0.591. The topological polar surface area (TPSA) is 22.8 Å². The van der Waals surface area contributed by atoms with Crippen LogP contribution in [0.15, 0.2) is 191 Å². The van der Waals surface area contributed by atoms with Crippen molar-refractivity contribution in [1.29, 1.82) is 0 Å². The smallest absolute Gasteiger partial charge is 0.0780 e. The minimum absolute atomic E-state index is 0.438. The standard InChI is InChI=1S/C53H35N3S/c1-32-22-29-48-44(31-32)53(41-17-4-7-21-47(41)56-46-20-6-3-13-37(46)39-16-9-18-42(53)50(39)56)43-28-27-40-38-14-2-5-19-45(38)55(51(40)52(43)57-48)35-25-23-33(24-26-35)36-15-8-11-34-12-10-30-54-49(34)36/h2-30,32H,31H2,1H3. The minimum atomic E-state index is -0.476. The number of thioether (sulfide) groups is 1. The van der Waals surface area contributed by atoms with Crippen molar-refractivity contribution in [3.8, 4) is 22.5 Å². The number of pyridine rings is 1. The lowest BCUT2D eigenvalue weighted by atomic mass is 9.60. The number of aromatic nitrogens is 3. The summed E-state index contributed by atoms with van der Waals surface area (Å²) in [7, 11) is 0. The average Bonchev–Trinajstić information content (AvgIpc) is 3.79. The molecule has 5 heterocycles. The summed E-state index contributed by atoms with van der Waals surface area (Å²) in [5.41, 5.74) is 16.0. The molecule has 0 N–H and O–H groups in total. The van der Waals surface area contributed by atoms with Crippen LogP contribution < -0.4 is 0 Å². The van der Waals surface area contributed by atoms with E-state index in [0.717, 1.165) is 34.1 Å². The number of nitrogens with zero attached hydrogens (tertiary/aromatic N) is 3. The van der Waals surface area contributed by atoms with E-state index in [1.54, 1.807) is 0 Å². The third-order valence-corrected chi connectivity index (χ3v) is 14.2. The van der Waals surface area contributed by atoms with Crippen molar-refractivity contribution < 1.29 is 0 Å². The lowest BCUT2D eigenvalue weighted by Gasteiger charge is -2.48. The molecule has 10 aromatic rings. The molecule has 2 aliphatic heterocycles. The largest absolute Gasteiger partial charge is 0.309 e. The quantitative estimate of drug-likeness (QED) is 0.176. The van der Waals surface area contributed by atoms with Crippen LogP contribution in [0, 0.1) is 5.92 Å². The van der Waals surface area contributed by atoms with Crippen LogP contribution in [0.5, 0.6) is 0 Å². The molecule has 3 nitrogen and oxygen atoms in total. The van der Waals surface area contributed by atoms with E-state index in [2.05, 4.69) is 180 Å². The van der Waals surface area contributed by atoms with E-state index < -0.39 is 5.41 Å². The lowest BCUT2D eigenvalue weighted by Crippen LogP contribution is -2.39. The highest BCUT2D eigenvalue weighted by molar-refractivity contribution is 8.03. The first-order valence-corrected chi connectivity index (χ1v) is 20.8. The van der Waals surface area contributed by atoms with Crippen molar-refractivity contribution in [1.82, 2.24) is 14.1 Å². The van der Waals surface area contributed by atoms with Crippen LogP contribution in [-0.4, -0.2) is 14.1 Å². The van der Waals surface area contributed by atoms with Gasteiger partial charge in [-0.25, -0.2) is 0 Å². The van der Waals surface area contributed by atoms with Gasteiger partial charge in [-0.15, -0.1) is 0 Å². The van der Waals surface area contributed by atoms with Crippen LogP contribution in [0.2, 0.25) is 0 Å². The second-order valence-electron chi connectivity index (χ2n) is 15.9. The normalized spacial score (nSPS) is 18.2. The average molecular weight is 746 g/mol. The van der Waals surface area contributed by atoms with E-state index in [1.165, 1.54) is 81.4 Å². The third-order valence-electron chi connectivity index (χ3n) is 13.0. The van der Waals surface area contributed by atoms with Crippen LogP contribution in [0.1, 0.15) is 30.0 Å². The predicted molar refractivity (Wildman–Crippen MR) is 238 cm³/mol. The molecular formula is C53H35N3S. The van der Waals surface area contributed by atoms with Crippen LogP contribution >= 0.6 is 11.8 Å². The van der Waals surface area contributed by atoms with Gasteiger partial charge in [-0.3, -0.25) is 4.98 Å². The molecule has 57 heavy (non-hydrogen) atoms. The summed E-state index contributed by atoms with van der Waals surface area (Å²) in [4.78, 5) is 7.48. The highest BCUT2D eigenvalue weighted by atomic mass is 32.2. The molecule has 0 saturated heterocycles. The second-order valence-corrected chi connectivity index (χ2v) is 17.0. The Balaban J connectivity index is 1.14. The highest BCUT2D eigenvalue weighted by Crippen LogP contribution is 2.63. The molecule has 3 aliphatic rings. The van der Waals surface area contributed by atoms with Crippen molar-refractivity contribution in [2.24, 2.45) is 5.92 Å². The van der Waals surface area contributed by atoms with Crippen LogP contribution in [0.4, 0.5) is 0 Å². The summed E-state index contributed by atoms with van der Waals surface area (Å²) in [6, 6.07) is 58.8. The Morgan fingerprint density at radius 3 is 2.16 bits per heavy atom. The fourth-order valence-corrected chi connectivity index (χ4v) is 12.0. The van der Waals surface area contributed by atoms with Crippen LogP contribution in [-0.2, 0) is 5.41 Å². The Kier molecular flexibility index (Phi) is 6.35. The van der Waals surface area contributed by atoms with E-state index in [0.29, 0.717) is 5.92 Å². The molecule has 1 spiro atoms. The summed E-state index contributed by atoms with van der Waals surface area (Å²) in [6.45, 7) is 2.37. The van der Waals surface area contributed by atoms with E-state index in [9.17, 15) is 0 Å². The zero-order chi connectivity index (χ0) is 37.4.